The van der Waals surface area contributed by atoms with Crippen LogP contribution in [0, 0.1) is 5.92 Å². The van der Waals surface area contributed by atoms with Crippen LogP contribution in [0.15, 0.2) is 18.5 Å². The highest BCUT2D eigenvalue weighted by molar-refractivity contribution is 5.76. The zero-order valence-corrected chi connectivity index (χ0v) is 16.7. The molecule has 0 atom stereocenters. The summed E-state index contributed by atoms with van der Waals surface area (Å²) in [5.74, 6) is -3.12. The van der Waals surface area contributed by atoms with Crippen molar-refractivity contribution in [1.29, 1.82) is 0 Å². The monoisotopic (exact) mass is 409 g/mol. The van der Waals surface area contributed by atoms with E-state index in [9.17, 15) is 18.4 Å². The molecule has 1 aliphatic rings. The molecular weight excluding hydrogens is 384 g/mol. The van der Waals surface area contributed by atoms with E-state index in [1.54, 1.807) is 43.7 Å². The Morgan fingerprint density at radius 1 is 1.28 bits per heavy atom. The van der Waals surface area contributed by atoms with Gasteiger partial charge >= 0.3 is 6.09 Å². The van der Waals surface area contributed by atoms with E-state index >= 15 is 0 Å². The normalized spacial score (nSPS) is 16.3. The second-order valence-corrected chi connectivity index (χ2v) is 8.37. The van der Waals surface area contributed by atoms with Crippen LogP contribution in [0.3, 0.4) is 0 Å². The van der Waals surface area contributed by atoms with Crippen LogP contribution in [0.2, 0.25) is 0 Å². The minimum atomic E-state index is -2.61. The molecule has 0 saturated heterocycles. The number of ether oxygens (including phenoxy) is 1. The number of rotatable bonds is 6. The fourth-order valence-corrected chi connectivity index (χ4v) is 3.09. The summed E-state index contributed by atoms with van der Waals surface area (Å²) in [6.45, 7) is 5.77. The summed E-state index contributed by atoms with van der Waals surface area (Å²) >= 11 is 0. The maximum absolute atomic E-state index is 12.8. The molecule has 0 unspecified atom stereocenters. The quantitative estimate of drug-likeness (QED) is 0.765. The van der Waals surface area contributed by atoms with E-state index in [1.807, 2.05) is 0 Å². The molecule has 158 valence electrons. The van der Waals surface area contributed by atoms with Crippen molar-refractivity contribution < 1.29 is 23.1 Å². The van der Waals surface area contributed by atoms with Crippen molar-refractivity contribution in [2.75, 3.05) is 0 Å². The van der Waals surface area contributed by atoms with E-state index in [0.29, 0.717) is 11.3 Å². The number of nitrogens with one attached hydrogen (secondary N) is 2. The maximum Gasteiger partial charge on any atom is 0.407 e. The molecule has 1 fully saturated rings. The van der Waals surface area contributed by atoms with Gasteiger partial charge in [0.05, 0.1) is 24.6 Å². The van der Waals surface area contributed by atoms with Gasteiger partial charge < -0.3 is 15.4 Å². The number of nitrogens with zero attached hydrogens (tertiary/aromatic N) is 3. The van der Waals surface area contributed by atoms with Crippen molar-refractivity contribution in [1.82, 2.24) is 25.2 Å². The highest BCUT2D eigenvalue weighted by Crippen LogP contribution is 2.43. The Morgan fingerprint density at radius 3 is 2.66 bits per heavy atom. The number of alkyl halides is 2. The number of aromatic nitrogens is 3. The van der Waals surface area contributed by atoms with Crippen LogP contribution in [-0.4, -0.2) is 38.1 Å². The molecule has 2 heterocycles. The number of alkyl carbamates (subject to hydrolysis) is 1. The molecule has 0 aliphatic heterocycles. The van der Waals surface area contributed by atoms with Crippen LogP contribution in [0.1, 0.15) is 51.3 Å². The Labute approximate surface area is 167 Å². The molecule has 0 spiro atoms. The third-order valence-corrected chi connectivity index (χ3v) is 4.38. The number of hydrogen-bond acceptors (Lipinski definition) is 5. The molecule has 2 aromatic rings. The third kappa shape index (κ3) is 6.10. The average Bonchev–Trinajstić information content (AvgIpc) is 2.97. The Balaban J connectivity index is 1.50. The summed E-state index contributed by atoms with van der Waals surface area (Å²) in [5, 5.41) is 9.59. The molecule has 0 radical (unpaired) electrons. The Morgan fingerprint density at radius 2 is 2.00 bits per heavy atom. The van der Waals surface area contributed by atoms with E-state index < -0.39 is 17.6 Å². The van der Waals surface area contributed by atoms with Gasteiger partial charge in [0.1, 0.15) is 5.60 Å². The fraction of sp³-hybridized carbons (Fsp3) is 0.579. The van der Waals surface area contributed by atoms with Gasteiger partial charge in [0.25, 0.3) is 0 Å². The summed E-state index contributed by atoms with van der Waals surface area (Å²) in [6.07, 6.45) is 2.41. The lowest BCUT2D eigenvalue weighted by Gasteiger charge is -2.34. The highest BCUT2D eigenvalue weighted by atomic mass is 19.3. The summed E-state index contributed by atoms with van der Waals surface area (Å²) in [6, 6.07) is 1.77. The van der Waals surface area contributed by atoms with E-state index in [4.69, 9.17) is 4.74 Å². The summed E-state index contributed by atoms with van der Waals surface area (Å²) in [5.41, 5.74) is 1.33. The highest BCUT2D eigenvalue weighted by Gasteiger charge is 2.45. The lowest BCUT2D eigenvalue weighted by atomic mass is 9.79. The van der Waals surface area contributed by atoms with Crippen molar-refractivity contribution in [2.45, 2.75) is 64.6 Å². The van der Waals surface area contributed by atoms with Crippen molar-refractivity contribution in [3.63, 3.8) is 0 Å². The molecule has 1 aliphatic carbocycles. The van der Waals surface area contributed by atoms with E-state index in [0.717, 1.165) is 5.56 Å². The van der Waals surface area contributed by atoms with Crippen molar-refractivity contribution in [3.8, 4) is 0 Å². The first-order chi connectivity index (χ1) is 13.5. The number of hydrogen-bond donors (Lipinski definition) is 2. The van der Waals surface area contributed by atoms with Gasteiger partial charge in [0, 0.05) is 25.8 Å². The lowest BCUT2D eigenvalue weighted by molar-refractivity contribution is -0.133. The predicted octanol–water partition coefficient (Wildman–Crippen LogP) is 2.81. The molecule has 2 amide bonds. The molecule has 2 N–H and O–H groups in total. The van der Waals surface area contributed by atoms with Gasteiger partial charge in [-0.3, -0.25) is 4.79 Å². The maximum atomic E-state index is 12.8. The van der Waals surface area contributed by atoms with Gasteiger partial charge in [-0.25, -0.2) is 23.1 Å². The molecule has 29 heavy (non-hydrogen) atoms. The topological polar surface area (TPSA) is 97.6 Å². The molecule has 0 aromatic carbocycles. The van der Waals surface area contributed by atoms with Crippen molar-refractivity contribution >= 4 is 17.6 Å². The number of halogens is 2. The lowest BCUT2D eigenvalue weighted by Crippen LogP contribution is -2.38. The summed E-state index contributed by atoms with van der Waals surface area (Å²) in [4.78, 5) is 28.0. The summed E-state index contributed by atoms with van der Waals surface area (Å²) in [7, 11) is 0. The average molecular weight is 409 g/mol. The van der Waals surface area contributed by atoms with Crippen molar-refractivity contribution in [2.24, 2.45) is 5.92 Å². The summed E-state index contributed by atoms with van der Waals surface area (Å²) < 4.78 is 32.4. The van der Waals surface area contributed by atoms with Crippen LogP contribution in [-0.2, 0) is 22.6 Å². The molecule has 3 rings (SSSR count). The van der Waals surface area contributed by atoms with Gasteiger partial charge in [-0.15, -0.1) is 0 Å². The first-order valence-corrected chi connectivity index (χ1v) is 9.44. The first-order valence-electron chi connectivity index (χ1n) is 9.44. The number of amides is 2. The number of fused-ring (bicyclic) bond motifs is 1. The molecule has 10 heteroatoms. The third-order valence-electron chi connectivity index (χ3n) is 4.38. The Hall–Kier alpha value is -2.78. The van der Waals surface area contributed by atoms with Crippen LogP contribution in [0.4, 0.5) is 13.6 Å². The standard InChI is InChI=1S/C19H25F2N5O3/c1-18(2,3)29-17(28)23-10-14-11-26-15(25-14)4-13(9-24-26)8-22-16(27)5-12-6-19(20,21)7-12/h4,9,11-12H,5-8,10H2,1-3H3,(H,22,27)(H,23,28). The molecule has 0 bridgehead atoms. The zero-order valence-electron chi connectivity index (χ0n) is 16.7. The largest absolute Gasteiger partial charge is 0.444 e. The van der Waals surface area contributed by atoms with Crippen LogP contribution >= 0.6 is 0 Å². The van der Waals surface area contributed by atoms with Crippen LogP contribution < -0.4 is 10.6 Å². The van der Waals surface area contributed by atoms with Gasteiger partial charge in [-0.1, -0.05) is 0 Å². The zero-order chi connectivity index (χ0) is 21.2. The SMILES string of the molecule is CC(C)(C)OC(=O)NCc1cn2ncc(CNC(=O)CC3CC(F)(F)C3)cc2n1. The smallest absolute Gasteiger partial charge is 0.407 e. The first kappa shape index (κ1) is 20.9. The molecule has 1 saturated carbocycles. The van der Waals surface area contributed by atoms with Gasteiger partial charge in [0.2, 0.25) is 11.8 Å². The van der Waals surface area contributed by atoms with E-state index in [1.165, 1.54) is 0 Å². The molecular formula is C19H25F2N5O3. The fourth-order valence-electron chi connectivity index (χ4n) is 3.09. The number of carbonyl (C=O) groups is 2. The van der Waals surface area contributed by atoms with Crippen molar-refractivity contribution in [3.05, 3.63) is 29.7 Å². The van der Waals surface area contributed by atoms with Crippen LogP contribution in [0.5, 0.6) is 0 Å². The molecule has 8 nitrogen and oxygen atoms in total. The van der Waals surface area contributed by atoms with E-state index in [-0.39, 0.29) is 44.2 Å². The second kappa shape index (κ2) is 7.92. The number of carbonyl (C=O) groups excluding carboxylic acids is 2. The number of imidazole rings is 1. The molecule has 2 aromatic heterocycles. The minimum absolute atomic E-state index is 0.106. The van der Waals surface area contributed by atoms with Crippen LogP contribution in [0.25, 0.3) is 5.65 Å². The van der Waals surface area contributed by atoms with Gasteiger partial charge in [-0.2, -0.15) is 5.10 Å². The van der Waals surface area contributed by atoms with Gasteiger partial charge in [0.15, 0.2) is 5.65 Å². The minimum Gasteiger partial charge on any atom is -0.444 e. The van der Waals surface area contributed by atoms with E-state index in [2.05, 4.69) is 20.7 Å². The Bertz CT molecular complexity index is 899. The predicted molar refractivity (Wildman–Crippen MR) is 100 cm³/mol. The second-order valence-electron chi connectivity index (χ2n) is 8.37. The van der Waals surface area contributed by atoms with Gasteiger partial charge in [-0.05, 0) is 38.3 Å². The Kier molecular flexibility index (Phi) is 5.72.